The predicted molar refractivity (Wildman–Crippen MR) is 100.0 cm³/mol. The summed E-state index contributed by atoms with van der Waals surface area (Å²) in [5.74, 6) is 0.221. The average molecular weight is 364 g/mol. The molecule has 8 heteroatoms. The van der Waals surface area contributed by atoms with Crippen LogP contribution in [0.4, 0.5) is 0 Å². The van der Waals surface area contributed by atoms with Gasteiger partial charge < -0.3 is 10.2 Å². The smallest absolute Gasteiger partial charge is 0.269 e. The van der Waals surface area contributed by atoms with Crippen molar-refractivity contribution in [3.05, 3.63) is 65.4 Å². The predicted octanol–water partition coefficient (Wildman–Crippen LogP) is 1.81. The monoisotopic (exact) mass is 364 g/mol. The maximum absolute atomic E-state index is 12.4. The lowest BCUT2D eigenvalue weighted by atomic mass is 10.0. The van der Waals surface area contributed by atoms with E-state index in [-0.39, 0.29) is 11.8 Å². The van der Waals surface area contributed by atoms with E-state index in [2.05, 4.69) is 25.5 Å². The number of aromatic nitrogens is 4. The number of carbonyl (C=O) groups excluding carboxylic acids is 2. The molecule has 2 amide bonds. The molecule has 0 bridgehead atoms. The topological polar surface area (TPSA) is 104 Å². The van der Waals surface area contributed by atoms with Crippen LogP contribution in [0.25, 0.3) is 11.3 Å². The van der Waals surface area contributed by atoms with Gasteiger partial charge in [-0.3, -0.25) is 14.7 Å². The second-order valence-corrected chi connectivity index (χ2v) is 6.23. The molecule has 0 aliphatic rings. The second kappa shape index (κ2) is 7.77. The van der Waals surface area contributed by atoms with E-state index in [1.54, 1.807) is 33.3 Å². The number of H-pyrrole nitrogens is 1. The zero-order valence-electron chi connectivity index (χ0n) is 15.4. The highest BCUT2D eigenvalue weighted by molar-refractivity contribution is 5.99. The van der Waals surface area contributed by atoms with Crippen LogP contribution in [-0.2, 0) is 6.54 Å². The van der Waals surface area contributed by atoms with Crippen molar-refractivity contribution in [1.29, 1.82) is 0 Å². The number of nitrogens with zero attached hydrogens (tertiary/aromatic N) is 4. The Morgan fingerprint density at radius 3 is 2.52 bits per heavy atom. The lowest BCUT2D eigenvalue weighted by molar-refractivity contribution is 0.0827. The Bertz CT molecular complexity index is 949. The molecular formula is C19H20N6O2. The molecule has 0 saturated heterocycles. The normalized spacial score (nSPS) is 10.5. The Morgan fingerprint density at radius 1 is 1.15 bits per heavy atom. The van der Waals surface area contributed by atoms with E-state index in [1.807, 2.05) is 24.3 Å². The largest absolute Gasteiger partial charge is 0.347 e. The first-order valence-electron chi connectivity index (χ1n) is 8.38. The number of amides is 2. The quantitative estimate of drug-likeness (QED) is 0.718. The van der Waals surface area contributed by atoms with Crippen molar-refractivity contribution in [2.45, 2.75) is 13.5 Å². The van der Waals surface area contributed by atoms with Gasteiger partial charge in [0.2, 0.25) is 0 Å². The summed E-state index contributed by atoms with van der Waals surface area (Å²) < 4.78 is 0. The zero-order valence-corrected chi connectivity index (χ0v) is 15.4. The third-order valence-corrected chi connectivity index (χ3v) is 3.97. The molecule has 0 aliphatic heterocycles. The van der Waals surface area contributed by atoms with Gasteiger partial charge >= 0.3 is 0 Å². The molecule has 1 aromatic carbocycles. The Morgan fingerprint density at radius 2 is 1.89 bits per heavy atom. The standard InChI is InChI=1S/C19H20N6O2/c1-12-20-11-15(19(27)25(2)3)17(23-12)14-6-4-13(5-7-14)10-21-18(26)16-8-9-22-24-16/h4-9,11H,10H2,1-3H3,(H,21,26)(H,22,24). The van der Waals surface area contributed by atoms with Crippen LogP contribution in [0.1, 0.15) is 32.2 Å². The molecule has 0 radical (unpaired) electrons. The Hall–Kier alpha value is -3.55. The molecule has 3 rings (SSSR count). The van der Waals surface area contributed by atoms with Gasteiger partial charge in [-0.1, -0.05) is 24.3 Å². The SMILES string of the molecule is Cc1ncc(C(=O)N(C)C)c(-c2ccc(CNC(=O)c3ccn[nH]3)cc2)n1. The summed E-state index contributed by atoms with van der Waals surface area (Å²) in [6.07, 6.45) is 3.08. The van der Waals surface area contributed by atoms with E-state index >= 15 is 0 Å². The highest BCUT2D eigenvalue weighted by Crippen LogP contribution is 2.22. The summed E-state index contributed by atoms with van der Waals surface area (Å²) in [4.78, 5) is 34.4. The molecule has 3 aromatic rings. The number of rotatable bonds is 5. The molecule has 2 aromatic heterocycles. The minimum Gasteiger partial charge on any atom is -0.347 e. The van der Waals surface area contributed by atoms with Gasteiger partial charge in [0.15, 0.2) is 0 Å². The molecule has 0 saturated carbocycles. The molecule has 27 heavy (non-hydrogen) atoms. The van der Waals surface area contributed by atoms with Crippen LogP contribution in [0.2, 0.25) is 0 Å². The van der Waals surface area contributed by atoms with Gasteiger partial charge in [-0.2, -0.15) is 5.10 Å². The molecule has 2 N–H and O–H groups in total. The van der Waals surface area contributed by atoms with Crippen molar-refractivity contribution < 1.29 is 9.59 Å². The fourth-order valence-corrected chi connectivity index (χ4v) is 2.53. The zero-order chi connectivity index (χ0) is 19.4. The number of benzene rings is 1. The number of aromatic amines is 1. The Balaban J connectivity index is 1.78. The van der Waals surface area contributed by atoms with E-state index < -0.39 is 0 Å². The molecule has 138 valence electrons. The van der Waals surface area contributed by atoms with Gasteiger partial charge in [0, 0.05) is 38.6 Å². The highest BCUT2D eigenvalue weighted by Gasteiger charge is 2.17. The van der Waals surface area contributed by atoms with E-state index in [0.29, 0.717) is 29.3 Å². The van der Waals surface area contributed by atoms with E-state index in [4.69, 9.17) is 0 Å². The average Bonchev–Trinajstić information content (AvgIpc) is 3.21. The minimum absolute atomic E-state index is 0.152. The first-order chi connectivity index (χ1) is 13.0. The van der Waals surface area contributed by atoms with Crippen LogP contribution >= 0.6 is 0 Å². The summed E-state index contributed by atoms with van der Waals surface area (Å²) in [7, 11) is 3.38. The molecule has 0 unspecified atom stereocenters. The summed E-state index contributed by atoms with van der Waals surface area (Å²) in [6.45, 7) is 2.16. The van der Waals surface area contributed by atoms with Gasteiger partial charge in [0.25, 0.3) is 11.8 Å². The third-order valence-electron chi connectivity index (χ3n) is 3.97. The molecule has 8 nitrogen and oxygen atoms in total. The van der Waals surface area contributed by atoms with Crippen molar-refractivity contribution in [2.24, 2.45) is 0 Å². The van der Waals surface area contributed by atoms with Crippen molar-refractivity contribution >= 4 is 11.8 Å². The van der Waals surface area contributed by atoms with Gasteiger partial charge in [-0.05, 0) is 18.6 Å². The number of carbonyl (C=O) groups is 2. The fraction of sp³-hybridized carbons (Fsp3) is 0.211. The molecule has 0 fully saturated rings. The van der Waals surface area contributed by atoms with Crippen LogP contribution in [0.15, 0.2) is 42.7 Å². The summed E-state index contributed by atoms with van der Waals surface area (Å²) >= 11 is 0. The Labute approximate surface area is 156 Å². The van der Waals surface area contributed by atoms with Crippen LogP contribution in [0.3, 0.4) is 0 Å². The van der Waals surface area contributed by atoms with E-state index in [0.717, 1.165) is 11.1 Å². The maximum atomic E-state index is 12.4. The lowest BCUT2D eigenvalue weighted by Crippen LogP contribution is -2.23. The molecule has 0 spiro atoms. The maximum Gasteiger partial charge on any atom is 0.269 e. The number of hydrogen-bond donors (Lipinski definition) is 2. The molecular weight excluding hydrogens is 344 g/mol. The van der Waals surface area contributed by atoms with Crippen LogP contribution in [0.5, 0.6) is 0 Å². The van der Waals surface area contributed by atoms with E-state index in [9.17, 15) is 9.59 Å². The van der Waals surface area contributed by atoms with Crippen LogP contribution in [-0.4, -0.2) is 51.0 Å². The first-order valence-corrected chi connectivity index (χ1v) is 8.38. The highest BCUT2D eigenvalue weighted by atomic mass is 16.2. The molecule has 0 atom stereocenters. The van der Waals surface area contributed by atoms with E-state index in [1.165, 1.54) is 11.1 Å². The Kier molecular flexibility index (Phi) is 5.25. The van der Waals surface area contributed by atoms with Crippen LogP contribution in [0, 0.1) is 6.92 Å². The first kappa shape index (κ1) is 18.2. The van der Waals surface area contributed by atoms with Gasteiger partial charge in [-0.25, -0.2) is 9.97 Å². The summed E-state index contributed by atoms with van der Waals surface area (Å²) in [6, 6.07) is 9.16. The van der Waals surface area contributed by atoms with Gasteiger partial charge in [0.05, 0.1) is 11.3 Å². The van der Waals surface area contributed by atoms with Gasteiger partial charge in [-0.15, -0.1) is 0 Å². The number of aryl methyl sites for hydroxylation is 1. The summed E-state index contributed by atoms with van der Waals surface area (Å²) in [5.41, 5.74) is 3.20. The number of hydrogen-bond acceptors (Lipinski definition) is 5. The number of nitrogens with one attached hydrogen (secondary N) is 2. The fourth-order valence-electron chi connectivity index (χ4n) is 2.53. The van der Waals surface area contributed by atoms with Crippen molar-refractivity contribution in [3.8, 4) is 11.3 Å². The second-order valence-electron chi connectivity index (χ2n) is 6.23. The van der Waals surface area contributed by atoms with Gasteiger partial charge in [0.1, 0.15) is 11.5 Å². The van der Waals surface area contributed by atoms with Crippen molar-refractivity contribution in [2.75, 3.05) is 14.1 Å². The molecule has 0 aliphatic carbocycles. The third kappa shape index (κ3) is 4.17. The molecule has 2 heterocycles. The summed E-state index contributed by atoms with van der Waals surface area (Å²) in [5, 5.41) is 9.20. The lowest BCUT2D eigenvalue weighted by Gasteiger charge is -2.14. The minimum atomic E-state index is -0.220. The van der Waals surface area contributed by atoms with Crippen molar-refractivity contribution in [3.63, 3.8) is 0 Å². The van der Waals surface area contributed by atoms with Crippen LogP contribution < -0.4 is 5.32 Å². The van der Waals surface area contributed by atoms with Crippen molar-refractivity contribution in [1.82, 2.24) is 30.4 Å².